The molecule has 4 N–H and O–H groups in total. The number of halogens is 1. The van der Waals surface area contributed by atoms with Crippen LogP contribution in [0.25, 0.3) is 0 Å². The summed E-state index contributed by atoms with van der Waals surface area (Å²) in [4.78, 5) is 36.2. The number of carbonyl (C=O) groups is 1. The number of nitrogens with zero attached hydrogens (tertiary/aromatic N) is 2. The molecular formula is C17H21ClN6O5. The molecule has 0 aliphatic rings. The van der Waals surface area contributed by atoms with Crippen molar-refractivity contribution < 1.29 is 14.3 Å². The number of aromatic amines is 2. The Morgan fingerprint density at radius 1 is 1.31 bits per heavy atom. The molecule has 11 nitrogen and oxygen atoms in total. The van der Waals surface area contributed by atoms with Crippen molar-refractivity contribution in [3.05, 3.63) is 43.6 Å². The van der Waals surface area contributed by atoms with E-state index < -0.39 is 17.2 Å². The SMILES string of the molecule is CCCOc1c(Cl)cc(/C=N/NC(=O)CNc2n[nH]c(=O)[nH]c2=O)cc1OCC. The maximum atomic E-state index is 11.8. The normalized spacial score (nSPS) is 10.7. The number of hydrogen-bond donors (Lipinski definition) is 4. The minimum absolute atomic E-state index is 0.195. The van der Waals surface area contributed by atoms with E-state index in [4.69, 9.17) is 21.1 Å². The van der Waals surface area contributed by atoms with Crippen LogP contribution in [-0.4, -0.2) is 47.1 Å². The molecule has 0 spiro atoms. The molecule has 0 aliphatic heterocycles. The van der Waals surface area contributed by atoms with Crippen molar-refractivity contribution >= 4 is 29.5 Å². The summed E-state index contributed by atoms with van der Waals surface area (Å²) in [6.45, 7) is 4.47. The molecule has 0 unspecified atom stereocenters. The lowest BCUT2D eigenvalue weighted by atomic mass is 10.2. The highest BCUT2D eigenvalue weighted by Crippen LogP contribution is 2.36. The van der Waals surface area contributed by atoms with Gasteiger partial charge in [0.05, 0.1) is 31.0 Å². The Kier molecular flexibility index (Phi) is 8.22. The van der Waals surface area contributed by atoms with Crippen LogP contribution in [0.3, 0.4) is 0 Å². The van der Waals surface area contributed by atoms with Crippen molar-refractivity contribution in [3.63, 3.8) is 0 Å². The van der Waals surface area contributed by atoms with Gasteiger partial charge in [-0.2, -0.15) is 5.10 Å². The first-order valence-electron chi connectivity index (χ1n) is 8.78. The second-order valence-corrected chi connectivity index (χ2v) is 6.02. The Bertz CT molecular complexity index is 987. The average molecular weight is 425 g/mol. The van der Waals surface area contributed by atoms with E-state index in [1.807, 2.05) is 23.9 Å². The summed E-state index contributed by atoms with van der Waals surface area (Å²) in [7, 11) is 0. The zero-order valence-corrected chi connectivity index (χ0v) is 16.6. The molecule has 0 fully saturated rings. The van der Waals surface area contributed by atoms with Gasteiger partial charge in [0, 0.05) is 0 Å². The van der Waals surface area contributed by atoms with Crippen molar-refractivity contribution in [1.29, 1.82) is 0 Å². The first kappa shape index (κ1) is 22.0. The van der Waals surface area contributed by atoms with Crippen LogP contribution in [0, 0.1) is 0 Å². The number of H-pyrrole nitrogens is 2. The van der Waals surface area contributed by atoms with Crippen molar-refractivity contribution in [2.45, 2.75) is 20.3 Å². The molecule has 0 atom stereocenters. The molecule has 0 radical (unpaired) electrons. The van der Waals surface area contributed by atoms with Crippen LogP contribution < -0.4 is 31.5 Å². The van der Waals surface area contributed by atoms with Gasteiger partial charge in [-0.15, -0.1) is 5.10 Å². The van der Waals surface area contributed by atoms with Gasteiger partial charge in [-0.3, -0.25) is 14.6 Å². The minimum atomic E-state index is -0.745. The predicted octanol–water partition coefficient (Wildman–Crippen LogP) is 0.861. The van der Waals surface area contributed by atoms with Gasteiger partial charge in [-0.1, -0.05) is 18.5 Å². The first-order chi connectivity index (χ1) is 13.9. The van der Waals surface area contributed by atoms with Crippen LogP contribution >= 0.6 is 11.6 Å². The Hall–Kier alpha value is -3.34. The van der Waals surface area contributed by atoms with E-state index in [-0.39, 0.29) is 12.4 Å². The molecule has 0 aliphatic carbocycles. The van der Waals surface area contributed by atoms with Crippen molar-refractivity contribution in [2.75, 3.05) is 25.1 Å². The standard InChI is InChI=1S/C17H21ClN6O5/c1-3-5-29-14-11(18)6-10(7-12(14)28-4-2)8-20-22-13(25)9-19-15-16(26)21-17(27)24-23-15/h6-8H,3-5,9H2,1-2H3,(H,19,23)(H,22,25)(H2,21,24,26,27)/b20-8+. The van der Waals surface area contributed by atoms with Gasteiger partial charge in [0.25, 0.3) is 11.5 Å². The Morgan fingerprint density at radius 2 is 2.10 bits per heavy atom. The Labute approximate surface area is 170 Å². The van der Waals surface area contributed by atoms with E-state index in [2.05, 4.69) is 20.9 Å². The van der Waals surface area contributed by atoms with Crippen LogP contribution in [-0.2, 0) is 4.79 Å². The predicted molar refractivity (Wildman–Crippen MR) is 108 cm³/mol. The van der Waals surface area contributed by atoms with Gasteiger partial charge in [0.2, 0.25) is 5.82 Å². The van der Waals surface area contributed by atoms with Crippen molar-refractivity contribution in [3.8, 4) is 11.5 Å². The number of aromatic nitrogens is 3. The summed E-state index contributed by atoms with van der Waals surface area (Å²) in [5.41, 5.74) is 1.40. The van der Waals surface area contributed by atoms with Crippen LogP contribution in [0.2, 0.25) is 5.02 Å². The third kappa shape index (κ3) is 6.64. The van der Waals surface area contributed by atoms with Gasteiger partial charge < -0.3 is 14.8 Å². The van der Waals surface area contributed by atoms with Crippen LogP contribution in [0.15, 0.2) is 26.8 Å². The smallest absolute Gasteiger partial charge is 0.342 e. The van der Waals surface area contributed by atoms with E-state index in [0.29, 0.717) is 35.3 Å². The van der Waals surface area contributed by atoms with E-state index >= 15 is 0 Å². The molecule has 1 aromatic carbocycles. The third-order valence-electron chi connectivity index (χ3n) is 3.31. The third-order valence-corrected chi connectivity index (χ3v) is 3.59. The fourth-order valence-corrected chi connectivity index (χ4v) is 2.39. The Balaban J connectivity index is 1.98. The van der Waals surface area contributed by atoms with E-state index in [9.17, 15) is 14.4 Å². The summed E-state index contributed by atoms with van der Waals surface area (Å²) >= 11 is 6.26. The molecule has 1 amide bonds. The lowest BCUT2D eigenvalue weighted by Gasteiger charge is -2.13. The summed E-state index contributed by atoms with van der Waals surface area (Å²) in [5, 5.41) is 12.2. The van der Waals surface area contributed by atoms with E-state index in [1.165, 1.54) is 6.21 Å². The quantitative estimate of drug-likeness (QED) is 0.326. The second-order valence-electron chi connectivity index (χ2n) is 5.61. The van der Waals surface area contributed by atoms with E-state index in [1.54, 1.807) is 12.1 Å². The maximum absolute atomic E-state index is 11.8. The molecule has 0 bridgehead atoms. The molecule has 1 aromatic heterocycles. The lowest BCUT2D eigenvalue weighted by molar-refractivity contribution is -0.119. The fraction of sp³-hybridized carbons (Fsp3) is 0.353. The van der Waals surface area contributed by atoms with Gasteiger partial charge >= 0.3 is 5.69 Å². The van der Waals surface area contributed by atoms with Gasteiger partial charge in [-0.25, -0.2) is 15.3 Å². The molecule has 1 heterocycles. The number of carbonyl (C=O) groups excluding carboxylic acids is 1. The molecule has 29 heavy (non-hydrogen) atoms. The van der Waals surface area contributed by atoms with Crippen molar-refractivity contribution in [2.24, 2.45) is 5.10 Å². The molecule has 156 valence electrons. The number of anilines is 1. The monoisotopic (exact) mass is 424 g/mol. The minimum Gasteiger partial charge on any atom is -0.490 e. The largest absolute Gasteiger partial charge is 0.490 e. The van der Waals surface area contributed by atoms with Crippen LogP contribution in [0.5, 0.6) is 11.5 Å². The number of hydrogen-bond acceptors (Lipinski definition) is 8. The molecule has 0 saturated heterocycles. The lowest BCUT2D eigenvalue weighted by Crippen LogP contribution is -2.31. The van der Waals surface area contributed by atoms with Gasteiger partial charge in [0.15, 0.2) is 11.5 Å². The number of rotatable bonds is 10. The van der Waals surface area contributed by atoms with Gasteiger partial charge in [-0.05, 0) is 31.0 Å². The molecular weight excluding hydrogens is 404 g/mol. The van der Waals surface area contributed by atoms with E-state index in [0.717, 1.165) is 6.42 Å². The van der Waals surface area contributed by atoms with Crippen molar-refractivity contribution in [1.82, 2.24) is 20.6 Å². The molecule has 12 heteroatoms. The zero-order valence-electron chi connectivity index (χ0n) is 15.9. The maximum Gasteiger partial charge on any atom is 0.342 e. The summed E-state index contributed by atoms with van der Waals surface area (Å²) in [6.07, 6.45) is 2.21. The molecule has 2 aromatic rings. The number of hydrazone groups is 1. The summed E-state index contributed by atoms with van der Waals surface area (Å²) < 4.78 is 11.2. The fourth-order valence-electron chi connectivity index (χ4n) is 2.12. The highest BCUT2D eigenvalue weighted by molar-refractivity contribution is 6.32. The van der Waals surface area contributed by atoms with Crippen LogP contribution in [0.1, 0.15) is 25.8 Å². The summed E-state index contributed by atoms with van der Waals surface area (Å²) in [5.74, 6) is 0.206. The van der Waals surface area contributed by atoms with Crippen LogP contribution in [0.4, 0.5) is 5.82 Å². The number of benzene rings is 1. The Morgan fingerprint density at radius 3 is 2.79 bits per heavy atom. The average Bonchev–Trinajstić information content (AvgIpc) is 2.67. The highest BCUT2D eigenvalue weighted by Gasteiger charge is 2.12. The number of nitrogens with one attached hydrogen (secondary N) is 4. The summed E-state index contributed by atoms with van der Waals surface area (Å²) in [6, 6.07) is 3.32. The zero-order chi connectivity index (χ0) is 21.2. The number of amides is 1. The topological polar surface area (TPSA) is 151 Å². The molecule has 0 saturated carbocycles. The highest BCUT2D eigenvalue weighted by atomic mass is 35.5. The van der Waals surface area contributed by atoms with Gasteiger partial charge in [0.1, 0.15) is 0 Å². The molecule has 2 rings (SSSR count). The number of ether oxygens (including phenoxy) is 2. The second kappa shape index (κ2) is 10.9. The first-order valence-corrected chi connectivity index (χ1v) is 9.16.